The van der Waals surface area contributed by atoms with Crippen LogP contribution in [0.1, 0.15) is 0 Å². The zero-order valence-electron chi connectivity index (χ0n) is 13.4. The summed E-state index contributed by atoms with van der Waals surface area (Å²) >= 11 is 0. The molecule has 5 N–H and O–H groups in total. The van der Waals surface area contributed by atoms with Gasteiger partial charge in [0.05, 0.1) is 11.2 Å². The van der Waals surface area contributed by atoms with Gasteiger partial charge in [-0.25, -0.2) is 13.1 Å². The molecule has 1 heterocycles. The number of benzene rings is 1. The fourth-order valence-electron chi connectivity index (χ4n) is 1.77. The Kier molecular flexibility index (Phi) is 5.91. The van der Waals surface area contributed by atoms with Gasteiger partial charge in [-0.2, -0.15) is 23.4 Å². The van der Waals surface area contributed by atoms with Crippen LogP contribution in [-0.2, 0) is 20.1 Å². The maximum Gasteiger partial charge on any atom is 0.320 e. The molecule has 14 heteroatoms. The molecule has 0 spiro atoms. The van der Waals surface area contributed by atoms with E-state index in [0.29, 0.717) is 0 Å². The second-order valence-corrected chi connectivity index (χ2v) is 8.26. The number of nitrogens with one attached hydrogen (secondary N) is 3. The molecule has 0 bridgehead atoms. The molecule has 1 aromatic heterocycles. The van der Waals surface area contributed by atoms with E-state index >= 15 is 0 Å². The van der Waals surface area contributed by atoms with Crippen LogP contribution in [0, 0.1) is 0 Å². The lowest BCUT2D eigenvalue weighted by Crippen LogP contribution is -2.28. The molecule has 26 heavy (non-hydrogen) atoms. The number of hydrogen-bond acceptors (Lipinski definition) is 10. The number of hydrogen-bond donors (Lipinski definition) is 5. The third-order valence-corrected chi connectivity index (χ3v) is 4.36. The van der Waals surface area contributed by atoms with Gasteiger partial charge in [0.1, 0.15) is 0 Å². The SMILES string of the molecule is CS(=O)(=O)NCCNc1nc(O)nc(Nc2cccc(S(=O)(=O)O)c2)n1. The van der Waals surface area contributed by atoms with Gasteiger partial charge >= 0.3 is 6.01 Å². The van der Waals surface area contributed by atoms with E-state index in [1.807, 2.05) is 0 Å². The molecular formula is C12H16N6O6S2. The van der Waals surface area contributed by atoms with E-state index in [-0.39, 0.29) is 35.6 Å². The van der Waals surface area contributed by atoms with E-state index in [1.54, 1.807) is 0 Å². The minimum Gasteiger partial charge on any atom is -0.479 e. The number of anilines is 3. The lowest BCUT2D eigenvalue weighted by atomic mass is 10.3. The molecule has 0 aliphatic heterocycles. The number of nitrogens with zero attached hydrogens (tertiary/aromatic N) is 3. The first-order valence-electron chi connectivity index (χ1n) is 7.01. The van der Waals surface area contributed by atoms with Crippen LogP contribution in [0.2, 0.25) is 0 Å². The first-order valence-corrected chi connectivity index (χ1v) is 10.3. The number of rotatable bonds is 8. The van der Waals surface area contributed by atoms with Crippen molar-refractivity contribution in [3.05, 3.63) is 24.3 Å². The first kappa shape index (κ1) is 19.8. The van der Waals surface area contributed by atoms with Gasteiger partial charge < -0.3 is 15.7 Å². The third-order valence-electron chi connectivity index (χ3n) is 2.78. The Morgan fingerprint density at radius 1 is 1.04 bits per heavy atom. The van der Waals surface area contributed by atoms with Crippen molar-refractivity contribution in [2.75, 3.05) is 30.0 Å². The van der Waals surface area contributed by atoms with Crippen LogP contribution in [0.3, 0.4) is 0 Å². The van der Waals surface area contributed by atoms with Gasteiger partial charge in [-0.15, -0.1) is 0 Å². The minimum absolute atomic E-state index is 0.0266. The van der Waals surface area contributed by atoms with Crippen molar-refractivity contribution in [2.24, 2.45) is 0 Å². The zero-order chi connectivity index (χ0) is 19.4. The minimum atomic E-state index is -4.37. The average molecular weight is 404 g/mol. The van der Waals surface area contributed by atoms with Crippen LogP contribution in [0.25, 0.3) is 0 Å². The topological polar surface area (TPSA) is 184 Å². The average Bonchev–Trinajstić information content (AvgIpc) is 2.50. The van der Waals surface area contributed by atoms with Crippen LogP contribution in [-0.4, -0.2) is 60.8 Å². The van der Waals surface area contributed by atoms with Crippen molar-refractivity contribution in [3.63, 3.8) is 0 Å². The van der Waals surface area contributed by atoms with E-state index in [9.17, 15) is 21.9 Å². The summed E-state index contributed by atoms with van der Waals surface area (Å²) in [4.78, 5) is 10.9. The van der Waals surface area contributed by atoms with Crippen LogP contribution < -0.4 is 15.4 Å². The molecule has 0 atom stereocenters. The highest BCUT2D eigenvalue weighted by molar-refractivity contribution is 7.88. The van der Waals surface area contributed by atoms with Crippen molar-refractivity contribution in [1.29, 1.82) is 0 Å². The van der Waals surface area contributed by atoms with E-state index in [4.69, 9.17) is 4.55 Å². The van der Waals surface area contributed by atoms with E-state index in [2.05, 4.69) is 30.3 Å². The summed E-state index contributed by atoms with van der Waals surface area (Å²) in [6.07, 6.45) is 1.02. The molecule has 0 unspecified atom stereocenters. The van der Waals surface area contributed by atoms with Gasteiger partial charge in [-0.05, 0) is 18.2 Å². The van der Waals surface area contributed by atoms with Gasteiger partial charge in [0.15, 0.2) is 0 Å². The molecule has 0 amide bonds. The monoisotopic (exact) mass is 404 g/mol. The van der Waals surface area contributed by atoms with Crippen molar-refractivity contribution in [3.8, 4) is 6.01 Å². The molecule has 1 aromatic carbocycles. The van der Waals surface area contributed by atoms with Crippen molar-refractivity contribution < 1.29 is 26.5 Å². The highest BCUT2D eigenvalue weighted by Crippen LogP contribution is 2.19. The summed E-state index contributed by atoms with van der Waals surface area (Å²) in [6.45, 7) is 0.221. The lowest BCUT2D eigenvalue weighted by Gasteiger charge is -2.09. The molecule has 0 aliphatic carbocycles. The predicted octanol–water partition coefficient (Wildman–Crippen LogP) is -0.471. The summed E-state index contributed by atoms with van der Waals surface area (Å²) in [5.74, 6) is -0.121. The maximum absolute atomic E-state index is 11.2. The molecule has 142 valence electrons. The second kappa shape index (κ2) is 7.77. The molecule has 0 fully saturated rings. The Morgan fingerprint density at radius 2 is 1.73 bits per heavy atom. The fraction of sp³-hybridized carbons (Fsp3) is 0.250. The molecular weight excluding hydrogens is 388 g/mol. The zero-order valence-corrected chi connectivity index (χ0v) is 15.0. The fourth-order valence-corrected chi connectivity index (χ4v) is 2.77. The molecule has 0 saturated carbocycles. The Labute approximate surface area is 149 Å². The number of aromatic nitrogens is 3. The highest BCUT2D eigenvalue weighted by Gasteiger charge is 2.11. The Hall–Kier alpha value is -2.55. The lowest BCUT2D eigenvalue weighted by molar-refractivity contribution is 0.430. The first-order chi connectivity index (χ1) is 12.0. The maximum atomic E-state index is 11.2. The quantitative estimate of drug-likeness (QED) is 0.283. The standard InChI is InChI=1S/C12H16N6O6S2/c1-25(20,21)14-6-5-13-10-16-11(18-12(19)17-10)15-8-3-2-4-9(7-8)26(22,23)24/h2-4,7,14H,5-6H2,1H3,(H,22,23,24)(H3,13,15,16,17,18,19). The summed E-state index contributed by atoms with van der Waals surface area (Å²) in [5.41, 5.74) is 0.246. The summed E-state index contributed by atoms with van der Waals surface area (Å²) in [6, 6.07) is 4.64. The number of aromatic hydroxyl groups is 1. The summed E-state index contributed by atoms with van der Waals surface area (Å²) < 4.78 is 55.5. The Bertz CT molecular complexity index is 995. The van der Waals surface area contributed by atoms with Gasteiger partial charge in [0.2, 0.25) is 21.9 Å². The predicted molar refractivity (Wildman–Crippen MR) is 92.4 cm³/mol. The highest BCUT2D eigenvalue weighted by atomic mass is 32.2. The van der Waals surface area contributed by atoms with Gasteiger partial charge in [0, 0.05) is 18.8 Å². The summed E-state index contributed by atoms with van der Waals surface area (Å²) in [5, 5.41) is 14.9. The smallest absolute Gasteiger partial charge is 0.320 e. The van der Waals surface area contributed by atoms with Crippen LogP contribution in [0.15, 0.2) is 29.2 Å². The van der Waals surface area contributed by atoms with Gasteiger partial charge in [0.25, 0.3) is 10.1 Å². The van der Waals surface area contributed by atoms with Gasteiger partial charge in [-0.3, -0.25) is 4.55 Å². The third kappa shape index (κ3) is 6.40. The normalized spacial score (nSPS) is 11.9. The molecule has 0 radical (unpaired) electrons. The Balaban J connectivity index is 2.10. The molecule has 2 rings (SSSR count). The van der Waals surface area contributed by atoms with E-state index in [0.717, 1.165) is 12.3 Å². The van der Waals surface area contributed by atoms with Crippen LogP contribution >= 0.6 is 0 Å². The molecule has 12 nitrogen and oxygen atoms in total. The van der Waals surface area contributed by atoms with Crippen LogP contribution in [0.5, 0.6) is 6.01 Å². The van der Waals surface area contributed by atoms with Crippen LogP contribution in [0.4, 0.5) is 17.6 Å². The molecule has 0 saturated heterocycles. The molecule has 0 aliphatic rings. The van der Waals surface area contributed by atoms with E-state index < -0.39 is 26.2 Å². The Morgan fingerprint density at radius 3 is 2.38 bits per heavy atom. The second-order valence-electron chi connectivity index (χ2n) is 5.00. The number of sulfonamides is 1. The van der Waals surface area contributed by atoms with Gasteiger partial charge in [-0.1, -0.05) is 6.07 Å². The largest absolute Gasteiger partial charge is 0.479 e. The molecule has 2 aromatic rings. The van der Waals surface area contributed by atoms with E-state index in [1.165, 1.54) is 18.2 Å². The van der Waals surface area contributed by atoms with Crippen molar-refractivity contribution in [1.82, 2.24) is 19.7 Å². The van der Waals surface area contributed by atoms with Crippen molar-refractivity contribution >= 4 is 37.7 Å². The van der Waals surface area contributed by atoms with Crippen molar-refractivity contribution in [2.45, 2.75) is 4.90 Å². The summed E-state index contributed by atoms with van der Waals surface area (Å²) in [7, 11) is -7.70.